The summed E-state index contributed by atoms with van der Waals surface area (Å²) in [4.78, 5) is 0. The molecule has 0 heterocycles. The van der Waals surface area contributed by atoms with E-state index in [-0.39, 0.29) is 150 Å². The number of hydrogen-bond acceptors (Lipinski definition) is 0. The van der Waals surface area contributed by atoms with Crippen LogP contribution in [0.2, 0.25) is 0 Å². The Morgan fingerprint density at radius 3 is 0.143 bits per heavy atom. The Balaban J connectivity index is -0.00000000421. The first-order valence-corrected chi connectivity index (χ1v) is 10.2. The summed E-state index contributed by atoms with van der Waals surface area (Å²) >= 11 is 0. The largest absolute Gasteiger partial charge is 2.00 e. The Morgan fingerprint density at radius 2 is 0.143 bits per heavy atom. The van der Waals surface area contributed by atoms with Crippen LogP contribution >= 0.6 is 0 Å². The maximum absolute atomic E-state index is 10.8. The summed E-state index contributed by atoms with van der Waals surface area (Å²) in [6.07, 6.45) is 0. The van der Waals surface area contributed by atoms with Crippen molar-refractivity contribution in [2.75, 3.05) is 0 Å². The normalized spacial score (nSPS) is 11.6. The van der Waals surface area contributed by atoms with Crippen molar-refractivity contribution in [2.45, 2.75) is 0 Å². The zero-order chi connectivity index (χ0) is 19.2. The van der Waals surface area contributed by atoms with Gasteiger partial charge in [0.1, 0.15) is 0 Å². The second kappa shape index (κ2) is 32.6. The van der Waals surface area contributed by atoms with Crippen molar-refractivity contribution in [3.8, 4) is 0 Å². The van der Waals surface area contributed by atoms with Gasteiger partial charge in [-0.25, -0.2) is 0 Å². The van der Waals surface area contributed by atoms with Crippen LogP contribution in [0.15, 0.2) is 0 Å². The Hall–Kier alpha value is 0.229. The van der Waals surface area contributed by atoms with Crippen LogP contribution in [-0.4, -0.2) is 25.9 Å². The zero-order valence-corrected chi connectivity index (χ0v) is 26.4. The maximum atomic E-state index is 9.88. The molecule has 0 aromatic rings. The third kappa shape index (κ3) is 1180000. The summed E-state index contributed by atoms with van der Waals surface area (Å²) in [7, 11) is -32.5. The van der Waals surface area contributed by atoms with Gasteiger partial charge < -0.3 is 98.6 Å². The molecule has 42 heteroatoms. The summed E-state index contributed by atoms with van der Waals surface area (Å²) in [5, 5.41) is 0. The van der Waals surface area contributed by atoms with E-state index in [2.05, 4.69) is 0 Å². The van der Waals surface area contributed by atoms with Crippen molar-refractivity contribution in [3.63, 3.8) is 0 Å². The van der Waals surface area contributed by atoms with Crippen molar-refractivity contribution in [3.05, 3.63) is 0 Å². The molecule has 0 aliphatic heterocycles. The van der Waals surface area contributed by atoms with Gasteiger partial charge in [-0.3, -0.25) is 0 Å². The molecule has 54 N–H and O–H groups in total. The predicted molar refractivity (Wildman–Crippen MR) is 125 cm³/mol. The van der Waals surface area contributed by atoms with Gasteiger partial charge in [-0.05, 0) is 0 Å². The van der Waals surface area contributed by atoms with Gasteiger partial charge in [0.25, 0.3) is 0 Å². The van der Waals surface area contributed by atoms with E-state index in [1.54, 1.807) is 0 Å². The van der Waals surface area contributed by atoms with E-state index in [0.717, 1.165) is 0 Å². The first-order valence-electron chi connectivity index (χ1n) is 3.40. The molecule has 0 saturated heterocycles. The standard InChI is InChI=1S/3F6Si.3Mn.18H2O/c3*1-7(2,3,4,5)6;;;;;;;;;;;;;;;;;;;;;/h;;;;;;18*1H2/q3*-2;3*+2;;;;;;;;;;;;;;;;;;/p+18. The minimum atomic E-state index is -10.8. The SMILES string of the molecule is F[Si-2](F)(F)(F)(F)F.F[Si-2](F)(F)(F)(F)F.F[Si-2](F)(F)(F)(F)F.[Mn+2].[Mn+2].[Mn+2].[OH3+].[OH3+].[OH3+].[OH3+].[OH3+].[OH3+].[OH3+].[OH3+].[OH3+].[OH3+].[OH3+].[OH3+].[OH3+].[OH3+].[OH3+].[OH3+].[OH3+].[OH3+]. The molecule has 3 radical (unpaired) electrons. The van der Waals surface area contributed by atoms with Gasteiger partial charge in [0.2, 0.25) is 0 Å². The minimum Gasteiger partial charge on any atom is -0.457 e. The molecule has 303 valence electrons. The molecule has 18 nitrogen and oxygen atoms in total. The van der Waals surface area contributed by atoms with Gasteiger partial charge in [-0.1, -0.05) is 0 Å². The topological polar surface area (TPSA) is 594 Å². The fraction of sp³-hybridized carbons (Fsp3) is 0. The molecule has 42 heavy (non-hydrogen) atoms. The molecule has 0 aliphatic carbocycles. The molecule has 0 fully saturated rings. The first-order chi connectivity index (χ1) is 7.35. The average molecular weight is 933 g/mol. The van der Waals surface area contributed by atoms with Crippen molar-refractivity contribution in [1.29, 1.82) is 0 Å². The molecule has 0 rings (SSSR count). The number of halogens is 18. The van der Waals surface area contributed by atoms with Crippen LogP contribution in [-0.2, 0) is 150 Å². The number of rotatable bonds is 0. The van der Waals surface area contributed by atoms with Gasteiger partial charge in [0.15, 0.2) is 0 Å². The maximum Gasteiger partial charge on any atom is 2.00 e. The van der Waals surface area contributed by atoms with Gasteiger partial charge in [0, 0.05) is 0 Å². The van der Waals surface area contributed by atoms with Gasteiger partial charge in [-0.15, -0.1) is 0 Å². The Kier molecular flexibility index (Phi) is 168. The first kappa shape index (κ1) is 216. The molecule has 0 aliphatic rings. The summed E-state index contributed by atoms with van der Waals surface area (Å²) in [5.74, 6) is 0. The molecule has 0 unspecified atom stereocenters. The van der Waals surface area contributed by atoms with Gasteiger partial charge in [-0.2, -0.15) is 0 Å². The van der Waals surface area contributed by atoms with Crippen molar-refractivity contribution >= 4 is 25.9 Å². The molecular formula is H54F18Mn3O18Si3+18. The quantitative estimate of drug-likeness (QED) is 0.0946. The molecule has 0 saturated carbocycles. The Labute approximate surface area is 250 Å². The van der Waals surface area contributed by atoms with Crippen LogP contribution in [0.4, 0.5) is 73.9 Å². The monoisotopic (exact) mass is 933 g/mol. The van der Waals surface area contributed by atoms with E-state index in [9.17, 15) is 73.9 Å². The minimum absolute atomic E-state index is 0. The van der Waals surface area contributed by atoms with Crippen LogP contribution in [0.3, 0.4) is 0 Å². The summed E-state index contributed by atoms with van der Waals surface area (Å²) in [6, 6.07) is 0. The summed E-state index contributed by atoms with van der Waals surface area (Å²) < 4.78 is 178. The molecule has 0 spiro atoms. The second-order valence-electron chi connectivity index (χ2n) is 3.21. The van der Waals surface area contributed by atoms with Crippen LogP contribution in [0.25, 0.3) is 0 Å². The van der Waals surface area contributed by atoms with Gasteiger partial charge in [0.05, 0.1) is 0 Å². The third-order valence-corrected chi connectivity index (χ3v) is 0. The average Bonchev–Trinajstić information content (AvgIpc) is 1.19. The Morgan fingerprint density at radius 1 is 0.143 bits per heavy atom. The fourth-order valence-corrected chi connectivity index (χ4v) is 0. The molecule has 0 amide bonds. The molecule has 0 bridgehead atoms. The van der Waals surface area contributed by atoms with Crippen LogP contribution in [0.1, 0.15) is 0 Å². The van der Waals surface area contributed by atoms with Crippen LogP contribution in [0.5, 0.6) is 0 Å². The smallest absolute Gasteiger partial charge is 0.457 e. The van der Waals surface area contributed by atoms with Crippen LogP contribution < -0.4 is 0 Å². The van der Waals surface area contributed by atoms with Crippen LogP contribution in [0, 0.1) is 0 Å². The molecule has 0 aromatic heterocycles. The van der Waals surface area contributed by atoms with Gasteiger partial charge >= 0.3 is 151 Å². The van der Waals surface area contributed by atoms with Crippen molar-refractivity contribution in [1.82, 2.24) is 0 Å². The van der Waals surface area contributed by atoms with E-state index in [1.807, 2.05) is 0 Å². The van der Waals surface area contributed by atoms with E-state index in [1.165, 1.54) is 0 Å². The summed E-state index contributed by atoms with van der Waals surface area (Å²) in [6.45, 7) is 0. The molecule has 0 aromatic carbocycles. The predicted octanol–water partition coefficient (Wildman–Crippen LogP) is -10.2. The fourth-order valence-electron chi connectivity index (χ4n) is 0. The molecular weight excluding hydrogens is 879 g/mol. The zero-order valence-electron chi connectivity index (χ0n) is 19.8. The van der Waals surface area contributed by atoms with Crippen molar-refractivity contribution in [2.24, 2.45) is 0 Å². The number of hydrogen-bond donors (Lipinski definition) is 0. The second-order valence-corrected chi connectivity index (χ2v) is 9.64. The Bertz CT molecular complexity index is 314. The van der Waals surface area contributed by atoms with E-state index in [0.29, 0.717) is 0 Å². The summed E-state index contributed by atoms with van der Waals surface area (Å²) in [5.41, 5.74) is 0. The van der Waals surface area contributed by atoms with E-state index < -0.39 is 25.9 Å². The van der Waals surface area contributed by atoms with Crippen molar-refractivity contribution < 1.29 is 224 Å². The van der Waals surface area contributed by atoms with E-state index in [4.69, 9.17) is 0 Å². The molecule has 0 atom stereocenters. The third-order valence-electron chi connectivity index (χ3n) is 0. The van der Waals surface area contributed by atoms with E-state index >= 15 is 0 Å².